The molecule has 1 aromatic carbocycles. The Morgan fingerprint density at radius 1 is 1.38 bits per heavy atom. The zero-order valence-corrected chi connectivity index (χ0v) is 8.77. The first-order valence-corrected chi connectivity index (χ1v) is 4.91. The first kappa shape index (κ1) is 9.17. The SMILES string of the molecule is COc1ccccc1C1CC1(Cl)Cl. The number of hydrogen-bond acceptors (Lipinski definition) is 1. The van der Waals surface area contributed by atoms with Crippen LogP contribution in [0, 0.1) is 0 Å². The fraction of sp³-hybridized carbons (Fsp3) is 0.400. The van der Waals surface area contributed by atoms with Crippen molar-refractivity contribution in [1.82, 2.24) is 0 Å². The molecule has 0 aliphatic heterocycles. The number of halogens is 2. The molecule has 70 valence electrons. The highest BCUT2D eigenvalue weighted by Crippen LogP contribution is 2.60. The summed E-state index contributed by atoms with van der Waals surface area (Å²) in [4.78, 5) is 0. The molecule has 1 unspecified atom stereocenters. The van der Waals surface area contributed by atoms with Gasteiger partial charge in [-0.25, -0.2) is 0 Å². The Hall–Kier alpha value is -0.400. The lowest BCUT2D eigenvalue weighted by Gasteiger charge is -2.07. The van der Waals surface area contributed by atoms with E-state index < -0.39 is 4.33 Å². The van der Waals surface area contributed by atoms with Gasteiger partial charge < -0.3 is 4.74 Å². The van der Waals surface area contributed by atoms with Crippen molar-refractivity contribution in [2.24, 2.45) is 0 Å². The van der Waals surface area contributed by atoms with Gasteiger partial charge in [-0.3, -0.25) is 0 Å². The molecule has 1 nitrogen and oxygen atoms in total. The quantitative estimate of drug-likeness (QED) is 0.690. The Labute approximate surface area is 87.6 Å². The molecule has 0 saturated heterocycles. The van der Waals surface area contributed by atoms with E-state index >= 15 is 0 Å². The van der Waals surface area contributed by atoms with Gasteiger partial charge in [0.2, 0.25) is 0 Å². The topological polar surface area (TPSA) is 9.23 Å². The molecule has 1 aliphatic rings. The Morgan fingerprint density at radius 3 is 2.54 bits per heavy atom. The van der Waals surface area contributed by atoms with Crippen molar-refractivity contribution < 1.29 is 4.74 Å². The molecule has 3 heteroatoms. The van der Waals surface area contributed by atoms with Gasteiger partial charge >= 0.3 is 0 Å². The van der Waals surface area contributed by atoms with Gasteiger partial charge in [-0.1, -0.05) is 18.2 Å². The third kappa shape index (κ3) is 1.63. The molecule has 1 fully saturated rings. The smallest absolute Gasteiger partial charge is 0.126 e. The molecule has 0 N–H and O–H groups in total. The van der Waals surface area contributed by atoms with E-state index in [0.717, 1.165) is 17.7 Å². The lowest BCUT2D eigenvalue weighted by Crippen LogP contribution is -1.94. The van der Waals surface area contributed by atoms with E-state index in [2.05, 4.69) is 0 Å². The number of para-hydroxylation sites is 1. The average Bonchev–Trinajstić information content (AvgIpc) is 2.75. The summed E-state index contributed by atoms with van der Waals surface area (Å²) in [6.07, 6.45) is 0.816. The maximum absolute atomic E-state index is 5.98. The van der Waals surface area contributed by atoms with E-state index in [4.69, 9.17) is 27.9 Å². The predicted molar refractivity (Wildman–Crippen MR) is 54.8 cm³/mol. The minimum Gasteiger partial charge on any atom is -0.496 e. The molecule has 1 saturated carbocycles. The highest BCUT2D eigenvalue weighted by molar-refractivity contribution is 6.51. The number of rotatable bonds is 2. The molecule has 0 amide bonds. The third-order valence-corrected chi connectivity index (χ3v) is 3.18. The van der Waals surface area contributed by atoms with Gasteiger partial charge in [-0.15, -0.1) is 23.2 Å². The van der Waals surface area contributed by atoms with Crippen molar-refractivity contribution in [3.05, 3.63) is 29.8 Å². The van der Waals surface area contributed by atoms with Crippen LogP contribution in [0.25, 0.3) is 0 Å². The molecule has 1 aliphatic carbocycles. The molecule has 0 bridgehead atoms. The molecule has 13 heavy (non-hydrogen) atoms. The van der Waals surface area contributed by atoms with Crippen LogP contribution < -0.4 is 4.74 Å². The van der Waals surface area contributed by atoms with Gasteiger partial charge in [0.15, 0.2) is 0 Å². The minimum atomic E-state index is -0.575. The summed E-state index contributed by atoms with van der Waals surface area (Å²) in [6.45, 7) is 0. The molecule has 0 heterocycles. The van der Waals surface area contributed by atoms with Crippen LogP contribution in [0.4, 0.5) is 0 Å². The molecule has 0 radical (unpaired) electrons. The molecule has 2 rings (SSSR count). The number of benzene rings is 1. The minimum absolute atomic E-state index is 0.229. The van der Waals surface area contributed by atoms with Crippen LogP contribution in [0.5, 0.6) is 5.75 Å². The molecule has 1 atom stereocenters. The van der Waals surface area contributed by atoms with Gasteiger partial charge in [-0.2, -0.15) is 0 Å². The maximum atomic E-state index is 5.98. The monoisotopic (exact) mass is 216 g/mol. The summed E-state index contributed by atoms with van der Waals surface area (Å²) in [5.74, 6) is 1.10. The van der Waals surface area contributed by atoms with Crippen molar-refractivity contribution in [3.63, 3.8) is 0 Å². The van der Waals surface area contributed by atoms with Crippen LogP contribution in [0.1, 0.15) is 17.9 Å². The van der Waals surface area contributed by atoms with Crippen molar-refractivity contribution in [2.75, 3.05) is 7.11 Å². The number of hydrogen-bond donors (Lipinski definition) is 0. The van der Waals surface area contributed by atoms with Crippen LogP contribution in [0.2, 0.25) is 0 Å². The van der Waals surface area contributed by atoms with Crippen molar-refractivity contribution in [3.8, 4) is 5.75 Å². The maximum Gasteiger partial charge on any atom is 0.126 e. The van der Waals surface area contributed by atoms with Crippen LogP contribution in [0.3, 0.4) is 0 Å². The second-order valence-corrected chi connectivity index (χ2v) is 4.80. The molecule has 0 aromatic heterocycles. The summed E-state index contributed by atoms with van der Waals surface area (Å²) >= 11 is 12.0. The third-order valence-electron chi connectivity index (χ3n) is 2.34. The fourth-order valence-electron chi connectivity index (χ4n) is 1.50. The second kappa shape index (κ2) is 3.07. The first-order chi connectivity index (χ1) is 6.15. The summed E-state index contributed by atoms with van der Waals surface area (Å²) in [6, 6.07) is 7.85. The zero-order chi connectivity index (χ0) is 9.47. The normalized spacial score (nSPS) is 24.1. The van der Waals surface area contributed by atoms with Crippen molar-refractivity contribution in [1.29, 1.82) is 0 Å². The highest BCUT2D eigenvalue weighted by atomic mass is 35.5. The number of methoxy groups -OCH3 is 1. The van der Waals surface area contributed by atoms with Gasteiger partial charge in [0, 0.05) is 11.5 Å². The van der Waals surface area contributed by atoms with E-state index in [1.807, 2.05) is 24.3 Å². The van der Waals surface area contributed by atoms with Crippen molar-refractivity contribution in [2.45, 2.75) is 16.7 Å². The highest BCUT2D eigenvalue weighted by Gasteiger charge is 2.53. The van der Waals surface area contributed by atoms with Gasteiger partial charge in [-0.05, 0) is 12.5 Å². The standard InChI is InChI=1S/C10H10Cl2O/c1-13-9-5-3-2-4-7(9)8-6-10(8,11)12/h2-5,8H,6H2,1H3. The van der Waals surface area contributed by atoms with Crippen molar-refractivity contribution >= 4 is 23.2 Å². The summed E-state index contributed by atoms with van der Waals surface area (Å²) < 4.78 is 4.65. The fourth-order valence-corrected chi connectivity index (χ4v) is 2.05. The van der Waals surface area contributed by atoms with E-state index in [9.17, 15) is 0 Å². The second-order valence-electron chi connectivity index (χ2n) is 3.26. The zero-order valence-electron chi connectivity index (χ0n) is 7.26. The molecule has 1 aromatic rings. The Balaban J connectivity index is 2.31. The Bertz CT molecular complexity index is 322. The Kier molecular flexibility index (Phi) is 2.17. The van der Waals surface area contributed by atoms with Crippen LogP contribution in [-0.2, 0) is 0 Å². The molecular formula is C10H10Cl2O. The molecular weight excluding hydrogens is 207 g/mol. The predicted octanol–water partition coefficient (Wildman–Crippen LogP) is 3.36. The van der Waals surface area contributed by atoms with Gasteiger partial charge in [0.05, 0.1) is 7.11 Å². The lowest BCUT2D eigenvalue weighted by molar-refractivity contribution is 0.409. The first-order valence-electron chi connectivity index (χ1n) is 4.16. The summed E-state index contributed by atoms with van der Waals surface area (Å²) in [5, 5.41) is 0. The summed E-state index contributed by atoms with van der Waals surface area (Å²) in [7, 11) is 1.66. The van der Waals surface area contributed by atoms with Crippen LogP contribution in [0.15, 0.2) is 24.3 Å². The van der Waals surface area contributed by atoms with Gasteiger partial charge in [0.25, 0.3) is 0 Å². The van der Waals surface area contributed by atoms with Crippen LogP contribution in [-0.4, -0.2) is 11.4 Å². The number of ether oxygens (including phenoxy) is 1. The van der Waals surface area contributed by atoms with E-state index in [-0.39, 0.29) is 5.92 Å². The number of alkyl halides is 2. The molecule has 0 spiro atoms. The van der Waals surface area contributed by atoms with E-state index in [1.165, 1.54) is 0 Å². The van der Waals surface area contributed by atoms with E-state index in [1.54, 1.807) is 7.11 Å². The van der Waals surface area contributed by atoms with Gasteiger partial charge in [0.1, 0.15) is 10.1 Å². The summed E-state index contributed by atoms with van der Waals surface area (Å²) in [5.41, 5.74) is 1.11. The average molecular weight is 217 g/mol. The largest absolute Gasteiger partial charge is 0.496 e. The Morgan fingerprint density at radius 2 is 2.00 bits per heavy atom. The van der Waals surface area contributed by atoms with E-state index in [0.29, 0.717) is 0 Å². The van der Waals surface area contributed by atoms with Crippen LogP contribution >= 0.6 is 23.2 Å². The lowest BCUT2D eigenvalue weighted by atomic mass is 10.1.